The lowest BCUT2D eigenvalue weighted by atomic mass is 10.1. The molecule has 0 amide bonds. The highest BCUT2D eigenvalue weighted by Gasteiger charge is 2.19. The summed E-state index contributed by atoms with van der Waals surface area (Å²) in [6.45, 7) is 0. The summed E-state index contributed by atoms with van der Waals surface area (Å²) in [5.74, 6) is 1.72. The third-order valence-corrected chi connectivity index (χ3v) is 3.28. The molecule has 0 radical (unpaired) electrons. The number of aliphatic imine (C=N–C) groups is 1. The van der Waals surface area contributed by atoms with Gasteiger partial charge in [0.05, 0.1) is 0 Å². The van der Waals surface area contributed by atoms with Crippen LogP contribution in [0.1, 0.15) is 6.42 Å². The number of rotatable bonds is 0. The summed E-state index contributed by atoms with van der Waals surface area (Å²) < 4.78 is 5.92. The quantitative estimate of drug-likeness (QED) is 0.669. The van der Waals surface area contributed by atoms with E-state index in [0.29, 0.717) is 0 Å². The van der Waals surface area contributed by atoms with Crippen molar-refractivity contribution in [3.8, 4) is 5.75 Å². The van der Waals surface area contributed by atoms with Crippen LogP contribution in [0.25, 0.3) is 10.8 Å². The Hall–Kier alpha value is -2.35. The normalized spacial score (nSPS) is 16.4. The van der Waals surface area contributed by atoms with Gasteiger partial charge in [0.25, 0.3) is 0 Å². The largest absolute Gasteiger partial charge is 0.453 e. The number of benzene rings is 2. The van der Waals surface area contributed by atoms with E-state index >= 15 is 0 Å². The second kappa shape index (κ2) is 3.57. The van der Waals surface area contributed by atoms with Crippen molar-refractivity contribution >= 4 is 22.2 Å². The van der Waals surface area contributed by atoms with Crippen LogP contribution in [0.5, 0.6) is 5.75 Å². The Morgan fingerprint density at radius 2 is 2.00 bits per heavy atom. The molecule has 0 aromatic heterocycles. The maximum atomic E-state index is 5.92. The van der Waals surface area contributed by atoms with E-state index in [0.717, 1.165) is 34.7 Å². The third kappa shape index (κ3) is 1.32. The van der Waals surface area contributed by atoms with Crippen LogP contribution in [-0.2, 0) is 0 Å². The molecule has 2 aromatic rings. The van der Waals surface area contributed by atoms with E-state index in [9.17, 15) is 0 Å². The van der Waals surface area contributed by atoms with E-state index in [1.807, 2.05) is 24.3 Å². The van der Waals surface area contributed by atoms with Crippen molar-refractivity contribution in [1.29, 1.82) is 0 Å². The first kappa shape index (κ1) is 9.66. The highest BCUT2D eigenvalue weighted by molar-refractivity contribution is 6.12. The van der Waals surface area contributed by atoms with Crippen molar-refractivity contribution in [2.75, 3.05) is 0 Å². The zero-order valence-corrected chi connectivity index (χ0v) is 9.76. The number of hydrogen-bond acceptors (Lipinski definition) is 2. The fourth-order valence-corrected chi connectivity index (χ4v) is 2.40. The molecule has 0 spiro atoms. The third-order valence-electron chi connectivity index (χ3n) is 3.28. The van der Waals surface area contributed by atoms with Crippen LogP contribution in [0.3, 0.4) is 0 Å². The van der Waals surface area contributed by atoms with E-state index in [4.69, 9.17) is 9.73 Å². The van der Waals surface area contributed by atoms with Crippen molar-refractivity contribution < 1.29 is 4.74 Å². The van der Waals surface area contributed by atoms with Crippen LogP contribution >= 0.6 is 0 Å². The minimum Gasteiger partial charge on any atom is -0.453 e. The Kier molecular flexibility index (Phi) is 1.92. The minimum absolute atomic E-state index is 0.846. The molecule has 4 rings (SSSR count). The first-order chi connectivity index (χ1) is 8.92. The average Bonchev–Trinajstić information content (AvgIpc) is 2.45. The summed E-state index contributed by atoms with van der Waals surface area (Å²) in [4.78, 5) is 4.73. The molecule has 0 unspecified atom stereocenters. The van der Waals surface area contributed by atoms with Crippen LogP contribution in [0.15, 0.2) is 65.4 Å². The molecule has 0 saturated carbocycles. The maximum absolute atomic E-state index is 5.92. The highest BCUT2D eigenvalue weighted by atomic mass is 16.5. The summed E-state index contributed by atoms with van der Waals surface area (Å²) in [6.07, 6.45) is 7.11. The van der Waals surface area contributed by atoms with E-state index in [-0.39, 0.29) is 0 Å². The van der Waals surface area contributed by atoms with Gasteiger partial charge in [-0.2, -0.15) is 0 Å². The second-order valence-corrected chi connectivity index (χ2v) is 4.44. The first-order valence-corrected chi connectivity index (χ1v) is 6.07. The molecule has 0 bridgehead atoms. The van der Waals surface area contributed by atoms with Crippen LogP contribution in [-0.4, -0.2) is 5.71 Å². The molecule has 0 atom stereocenters. The minimum atomic E-state index is 0.846. The number of nitrogens with zero attached hydrogens (tertiary/aromatic N) is 1. The Bertz CT molecular complexity index is 738. The lowest BCUT2D eigenvalue weighted by molar-refractivity contribution is 0.449. The van der Waals surface area contributed by atoms with Crippen LogP contribution in [0.2, 0.25) is 0 Å². The smallest absolute Gasteiger partial charge is 0.153 e. The molecule has 2 aliphatic rings. The summed E-state index contributed by atoms with van der Waals surface area (Å²) in [6, 6.07) is 12.3. The zero-order chi connectivity index (χ0) is 11.9. The van der Waals surface area contributed by atoms with Gasteiger partial charge in [-0.25, -0.2) is 4.99 Å². The highest BCUT2D eigenvalue weighted by Crippen LogP contribution is 2.40. The molecule has 2 heteroatoms. The van der Waals surface area contributed by atoms with E-state index in [2.05, 4.69) is 30.4 Å². The van der Waals surface area contributed by atoms with Crippen LogP contribution < -0.4 is 4.74 Å². The van der Waals surface area contributed by atoms with Crippen molar-refractivity contribution in [2.24, 2.45) is 4.99 Å². The fourth-order valence-electron chi connectivity index (χ4n) is 2.40. The molecule has 18 heavy (non-hydrogen) atoms. The molecule has 86 valence electrons. The Morgan fingerprint density at radius 1 is 1.06 bits per heavy atom. The summed E-state index contributed by atoms with van der Waals surface area (Å²) in [7, 11) is 0. The van der Waals surface area contributed by atoms with Crippen LogP contribution in [0.4, 0.5) is 5.69 Å². The van der Waals surface area contributed by atoms with Gasteiger partial charge in [0, 0.05) is 5.39 Å². The standard InChI is InChI=1S/C16H11NO/c1-2-6-12-11(5-1)9-10-15-16(12)17-13-7-3-4-8-14(13)18-15/h1-3,5-10H,4H2. The van der Waals surface area contributed by atoms with Crippen LogP contribution in [0, 0.1) is 0 Å². The van der Waals surface area contributed by atoms with Gasteiger partial charge in [0.2, 0.25) is 0 Å². The number of hydrogen-bond donors (Lipinski definition) is 0. The van der Waals surface area contributed by atoms with E-state index in [1.54, 1.807) is 0 Å². The van der Waals surface area contributed by atoms with Gasteiger partial charge in [-0.3, -0.25) is 0 Å². The SMILES string of the molecule is C1=CC2=Nc3c(ccc4ccccc34)OC2=CC1. The van der Waals surface area contributed by atoms with Gasteiger partial charge in [-0.1, -0.05) is 36.4 Å². The van der Waals surface area contributed by atoms with Gasteiger partial charge in [-0.05, 0) is 30.0 Å². The maximum Gasteiger partial charge on any atom is 0.153 e. The summed E-state index contributed by atoms with van der Waals surface area (Å²) in [5.41, 5.74) is 1.86. The molecule has 0 N–H and O–H groups in total. The fraction of sp³-hybridized carbons (Fsp3) is 0.0625. The lowest BCUT2D eigenvalue weighted by Gasteiger charge is -2.20. The average molecular weight is 233 g/mol. The lowest BCUT2D eigenvalue weighted by Crippen LogP contribution is -2.12. The number of ether oxygens (including phenoxy) is 1. The van der Waals surface area contributed by atoms with Crippen molar-refractivity contribution in [1.82, 2.24) is 0 Å². The summed E-state index contributed by atoms with van der Waals surface area (Å²) >= 11 is 0. The molecule has 1 aliphatic carbocycles. The zero-order valence-electron chi connectivity index (χ0n) is 9.76. The monoisotopic (exact) mass is 233 g/mol. The Balaban J connectivity index is 2.03. The predicted octanol–water partition coefficient (Wildman–Crippen LogP) is 4.15. The number of fused-ring (bicyclic) bond motifs is 4. The Labute approximate surface area is 105 Å². The predicted molar refractivity (Wildman–Crippen MR) is 73.5 cm³/mol. The number of allylic oxidation sites excluding steroid dienone is 3. The van der Waals surface area contributed by atoms with Gasteiger partial charge in [0.15, 0.2) is 5.75 Å². The van der Waals surface area contributed by atoms with Gasteiger partial charge in [-0.15, -0.1) is 0 Å². The van der Waals surface area contributed by atoms with Crippen molar-refractivity contribution in [3.63, 3.8) is 0 Å². The molecule has 2 nitrogen and oxygen atoms in total. The molecular formula is C16H11NO. The van der Waals surface area contributed by atoms with Gasteiger partial charge >= 0.3 is 0 Å². The topological polar surface area (TPSA) is 21.6 Å². The molecule has 0 saturated heterocycles. The van der Waals surface area contributed by atoms with Gasteiger partial charge in [0.1, 0.15) is 17.2 Å². The second-order valence-electron chi connectivity index (χ2n) is 4.44. The Morgan fingerprint density at radius 3 is 3.00 bits per heavy atom. The molecular weight excluding hydrogens is 222 g/mol. The molecule has 1 aliphatic heterocycles. The molecule has 0 fully saturated rings. The van der Waals surface area contributed by atoms with Gasteiger partial charge < -0.3 is 4.74 Å². The van der Waals surface area contributed by atoms with E-state index < -0.39 is 0 Å². The molecule has 2 aromatic carbocycles. The summed E-state index contributed by atoms with van der Waals surface area (Å²) in [5, 5.41) is 2.33. The first-order valence-electron chi connectivity index (χ1n) is 6.07. The van der Waals surface area contributed by atoms with E-state index in [1.165, 1.54) is 5.39 Å². The molecule has 1 heterocycles. The van der Waals surface area contributed by atoms with Crippen molar-refractivity contribution in [3.05, 3.63) is 60.4 Å². The van der Waals surface area contributed by atoms with Crippen molar-refractivity contribution in [2.45, 2.75) is 6.42 Å².